The standard InChI is InChI=1S/C15H28N2O3/c1-15(2,3)20-14(19)17-12-5-6-13(17)10-11(9-12)16-7-4-8-18/h11-13,16,18H,4-10H2,1-3H3. The van der Waals surface area contributed by atoms with Crippen LogP contribution in [-0.2, 0) is 4.74 Å². The van der Waals surface area contributed by atoms with Gasteiger partial charge in [-0.05, 0) is 59.4 Å². The molecule has 0 spiro atoms. The Kier molecular flexibility index (Phi) is 4.91. The summed E-state index contributed by atoms with van der Waals surface area (Å²) in [6.45, 7) is 6.83. The maximum absolute atomic E-state index is 12.3. The number of fused-ring (bicyclic) bond motifs is 2. The smallest absolute Gasteiger partial charge is 0.410 e. The van der Waals surface area contributed by atoms with E-state index in [2.05, 4.69) is 5.32 Å². The number of aliphatic hydroxyl groups is 1. The second kappa shape index (κ2) is 6.31. The molecule has 0 aromatic rings. The highest BCUT2D eigenvalue weighted by molar-refractivity contribution is 5.69. The summed E-state index contributed by atoms with van der Waals surface area (Å²) < 4.78 is 5.53. The third-order valence-electron chi connectivity index (χ3n) is 4.11. The molecule has 2 atom stereocenters. The largest absolute Gasteiger partial charge is 0.444 e. The minimum atomic E-state index is -0.424. The molecule has 0 saturated carbocycles. The van der Waals surface area contributed by atoms with Crippen LogP contribution in [0.1, 0.15) is 52.9 Å². The summed E-state index contributed by atoms with van der Waals surface area (Å²) in [6, 6.07) is 1.10. The molecule has 5 heteroatoms. The van der Waals surface area contributed by atoms with E-state index in [0.29, 0.717) is 18.1 Å². The zero-order valence-corrected chi connectivity index (χ0v) is 12.9. The molecule has 116 valence electrons. The molecular formula is C15H28N2O3. The molecule has 2 rings (SSSR count). The Morgan fingerprint density at radius 1 is 1.30 bits per heavy atom. The predicted molar refractivity (Wildman–Crippen MR) is 77.6 cm³/mol. The molecule has 2 bridgehead atoms. The maximum atomic E-state index is 12.3. The summed E-state index contributed by atoms with van der Waals surface area (Å²) in [5, 5.41) is 12.3. The highest BCUT2D eigenvalue weighted by Crippen LogP contribution is 2.36. The summed E-state index contributed by atoms with van der Waals surface area (Å²) in [4.78, 5) is 14.3. The third kappa shape index (κ3) is 3.85. The fraction of sp³-hybridized carbons (Fsp3) is 0.933. The van der Waals surface area contributed by atoms with Crippen molar-refractivity contribution in [3.05, 3.63) is 0 Å². The minimum absolute atomic E-state index is 0.154. The van der Waals surface area contributed by atoms with E-state index in [1.807, 2.05) is 25.7 Å². The van der Waals surface area contributed by atoms with Crippen molar-refractivity contribution in [3.63, 3.8) is 0 Å². The van der Waals surface area contributed by atoms with Gasteiger partial charge in [-0.3, -0.25) is 0 Å². The lowest BCUT2D eigenvalue weighted by atomic mass is 9.97. The van der Waals surface area contributed by atoms with Crippen LogP contribution in [0.25, 0.3) is 0 Å². The van der Waals surface area contributed by atoms with Crippen molar-refractivity contribution in [1.82, 2.24) is 10.2 Å². The molecule has 2 fully saturated rings. The average molecular weight is 284 g/mol. The summed E-state index contributed by atoms with van der Waals surface area (Å²) in [7, 11) is 0. The Morgan fingerprint density at radius 3 is 2.40 bits per heavy atom. The van der Waals surface area contributed by atoms with Crippen LogP contribution in [0.3, 0.4) is 0 Å². The first kappa shape index (κ1) is 15.6. The van der Waals surface area contributed by atoms with Gasteiger partial charge in [0.2, 0.25) is 0 Å². The number of rotatable bonds is 4. The first-order chi connectivity index (χ1) is 9.40. The van der Waals surface area contributed by atoms with E-state index in [9.17, 15) is 4.79 Å². The Hall–Kier alpha value is -0.810. The van der Waals surface area contributed by atoms with Crippen LogP contribution < -0.4 is 5.32 Å². The molecule has 0 aromatic carbocycles. The van der Waals surface area contributed by atoms with E-state index in [0.717, 1.165) is 38.6 Å². The van der Waals surface area contributed by atoms with E-state index < -0.39 is 5.60 Å². The lowest BCUT2D eigenvalue weighted by Crippen LogP contribution is -2.52. The number of piperidine rings is 1. The monoisotopic (exact) mass is 284 g/mol. The molecule has 2 aliphatic rings. The van der Waals surface area contributed by atoms with Gasteiger partial charge in [-0.1, -0.05) is 0 Å². The van der Waals surface area contributed by atoms with Crippen LogP contribution >= 0.6 is 0 Å². The van der Waals surface area contributed by atoms with E-state index in [1.54, 1.807) is 0 Å². The molecule has 2 N–H and O–H groups in total. The number of aliphatic hydroxyl groups excluding tert-OH is 1. The van der Waals surface area contributed by atoms with Crippen molar-refractivity contribution in [2.45, 2.75) is 76.6 Å². The van der Waals surface area contributed by atoms with Gasteiger partial charge in [0, 0.05) is 24.7 Å². The first-order valence-corrected chi connectivity index (χ1v) is 7.76. The van der Waals surface area contributed by atoms with E-state index >= 15 is 0 Å². The topological polar surface area (TPSA) is 61.8 Å². The minimum Gasteiger partial charge on any atom is -0.444 e. The van der Waals surface area contributed by atoms with Gasteiger partial charge in [-0.15, -0.1) is 0 Å². The lowest BCUT2D eigenvalue weighted by molar-refractivity contribution is 0.00473. The van der Waals surface area contributed by atoms with Gasteiger partial charge in [0.05, 0.1) is 0 Å². The van der Waals surface area contributed by atoms with Crippen molar-refractivity contribution in [2.24, 2.45) is 0 Å². The average Bonchev–Trinajstić information content (AvgIpc) is 2.60. The summed E-state index contributed by atoms with van der Waals surface area (Å²) in [5.74, 6) is 0. The van der Waals surface area contributed by atoms with Crippen LogP contribution in [0.4, 0.5) is 4.79 Å². The lowest BCUT2D eigenvalue weighted by Gasteiger charge is -2.39. The number of nitrogens with zero attached hydrogens (tertiary/aromatic N) is 1. The van der Waals surface area contributed by atoms with Gasteiger partial charge in [0.25, 0.3) is 0 Å². The van der Waals surface area contributed by atoms with Crippen LogP contribution in [0.5, 0.6) is 0 Å². The van der Waals surface area contributed by atoms with Crippen molar-refractivity contribution in [1.29, 1.82) is 0 Å². The van der Waals surface area contributed by atoms with Crippen LogP contribution in [-0.4, -0.2) is 53.0 Å². The number of hydrogen-bond donors (Lipinski definition) is 2. The van der Waals surface area contributed by atoms with Crippen molar-refractivity contribution < 1.29 is 14.6 Å². The molecule has 0 aliphatic carbocycles. The van der Waals surface area contributed by atoms with Gasteiger partial charge in [-0.2, -0.15) is 0 Å². The third-order valence-corrected chi connectivity index (χ3v) is 4.11. The quantitative estimate of drug-likeness (QED) is 0.774. The van der Waals surface area contributed by atoms with E-state index in [1.165, 1.54) is 0 Å². The van der Waals surface area contributed by atoms with Crippen molar-refractivity contribution in [2.75, 3.05) is 13.2 Å². The van der Waals surface area contributed by atoms with Gasteiger partial charge in [0.1, 0.15) is 5.60 Å². The predicted octanol–water partition coefficient (Wildman–Crippen LogP) is 1.89. The first-order valence-electron chi connectivity index (χ1n) is 7.76. The molecule has 0 aromatic heterocycles. The van der Waals surface area contributed by atoms with Gasteiger partial charge >= 0.3 is 6.09 Å². The molecule has 2 aliphatic heterocycles. The number of carbonyl (C=O) groups excluding carboxylic acids is 1. The molecular weight excluding hydrogens is 256 g/mol. The number of nitrogens with one attached hydrogen (secondary N) is 1. The summed E-state index contributed by atoms with van der Waals surface area (Å²) in [5.41, 5.74) is -0.424. The van der Waals surface area contributed by atoms with Crippen molar-refractivity contribution in [3.8, 4) is 0 Å². The Bertz CT molecular complexity index is 327. The highest BCUT2D eigenvalue weighted by Gasteiger charge is 2.44. The van der Waals surface area contributed by atoms with Crippen LogP contribution in [0.15, 0.2) is 0 Å². The maximum Gasteiger partial charge on any atom is 0.410 e. The molecule has 1 amide bonds. The summed E-state index contributed by atoms with van der Waals surface area (Å²) in [6.07, 6.45) is 4.81. The highest BCUT2D eigenvalue weighted by atomic mass is 16.6. The molecule has 2 unspecified atom stereocenters. The Morgan fingerprint density at radius 2 is 1.90 bits per heavy atom. The number of carbonyl (C=O) groups is 1. The van der Waals surface area contributed by atoms with E-state index in [-0.39, 0.29) is 12.7 Å². The number of hydrogen-bond acceptors (Lipinski definition) is 4. The fourth-order valence-electron chi connectivity index (χ4n) is 3.34. The molecule has 0 radical (unpaired) electrons. The fourth-order valence-corrected chi connectivity index (χ4v) is 3.34. The number of ether oxygens (including phenoxy) is 1. The normalized spacial score (nSPS) is 29.6. The SMILES string of the molecule is CC(C)(C)OC(=O)N1C2CCC1CC(NCCCO)C2. The van der Waals surface area contributed by atoms with Gasteiger partial charge in [-0.25, -0.2) is 4.79 Å². The zero-order valence-electron chi connectivity index (χ0n) is 12.9. The second-order valence-electron chi connectivity index (χ2n) is 6.97. The summed E-state index contributed by atoms with van der Waals surface area (Å²) >= 11 is 0. The van der Waals surface area contributed by atoms with Gasteiger partial charge < -0.3 is 20.1 Å². The zero-order chi connectivity index (χ0) is 14.8. The van der Waals surface area contributed by atoms with Crippen LogP contribution in [0.2, 0.25) is 0 Å². The Balaban J connectivity index is 1.88. The second-order valence-corrected chi connectivity index (χ2v) is 6.97. The Labute approximate surface area is 121 Å². The number of amides is 1. The molecule has 5 nitrogen and oxygen atoms in total. The molecule has 20 heavy (non-hydrogen) atoms. The molecule has 2 heterocycles. The van der Waals surface area contributed by atoms with E-state index in [4.69, 9.17) is 9.84 Å². The van der Waals surface area contributed by atoms with Crippen molar-refractivity contribution >= 4 is 6.09 Å². The van der Waals surface area contributed by atoms with Crippen LogP contribution in [0, 0.1) is 0 Å². The molecule has 2 saturated heterocycles. The van der Waals surface area contributed by atoms with Gasteiger partial charge in [0.15, 0.2) is 0 Å².